The van der Waals surface area contributed by atoms with E-state index in [4.69, 9.17) is 0 Å². The summed E-state index contributed by atoms with van der Waals surface area (Å²) in [4.78, 5) is 0. The Bertz CT molecular complexity index is 693. The smallest absolute Gasteiger partial charge is 0.106 e. The Balaban J connectivity index is 0.000000356. The summed E-state index contributed by atoms with van der Waals surface area (Å²) in [6.07, 6.45) is 0. The summed E-state index contributed by atoms with van der Waals surface area (Å²) in [7, 11) is 10.5. The summed E-state index contributed by atoms with van der Waals surface area (Å²) in [5.41, 5.74) is 0. The van der Waals surface area contributed by atoms with Gasteiger partial charge in [0.1, 0.15) is 0 Å². The maximum atomic E-state index is 2.63. The molecular formula is C24H28P4Pd+2. The third kappa shape index (κ3) is 17.8. The van der Waals surface area contributed by atoms with Crippen molar-refractivity contribution in [1.82, 2.24) is 0 Å². The molecule has 0 fully saturated rings. The Morgan fingerprint density at radius 3 is 0.483 bits per heavy atom. The summed E-state index contributed by atoms with van der Waals surface area (Å²) >= 11 is 0. The summed E-state index contributed by atoms with van der Waals surface area (Å²) in [6.45, 7) is 0. The van der Waals surface area contributed by atoms with E-state index in [9.17, 15) is 0 Å². The van der Waals surface area contributed by atoms with E-state index in [1.54, 1.807) is 0 Å². The van der Waals surface area contributed by atoms with Crippen LogP contribution in [0.4, 0.5) is 0 Å². The Morgan fingerprint density at radius 1 is 0.276 bits per heavy atom. The van der Waals surface area contributed by atoms with Crippen LogP contribution in [-0.4, -0.2) is 0 Å². The minimum atomic E-state index is 0. The van der Waals surface area contributed by atoms with Gasteiger partial charge in [0.25, 0.3) is 0 Å². The fourth-order valence-corrected chi connectivity index (χ4v) is 2.70. The number of hydrogen-bond acceptors (Lipinski definition) is 0. The Kier molecular flexibility index (Phi) is 18.7. The molecule has 0 saturated heterocycles. The second kappa shape index (κ2) is 19.2. The van der Waals surface area contributed by atoms with E-state index in [1.165, 1.54) is 21.2 Å². The first-order valence-corrected chi connectivity index (χ1v) is 11.1. The van der Waals surface area contributed by atoms with Crippen LogP contribution in [0, 0.1) is 0 Å². The van der Waals surface area contributed by atoms with Crippen LogP contribution in [0.5, 0.6) is 0 Å². The quantitative estimate of drug-likeness (QED) is 0.221. The van der Waals surface area contributed by atoms with E-state index < -0.39 is 0 Å². The van der Waals surface area contributed by atoms with Gasteiger partial charge in [-0.15, -0.1) is 37.0 Å². The van der Waals surface area contributed by atoms with Gasteiger partial charge in [0.05, 0.1) is 0 Å². The molecule has 4 rings (SSSR count). The zero-order chi connectivity index (χ0) is 20.5. The molecule has 4 aromatic carbocycles. The molecule has 0 saturated carbocycles. The van der Waals surface area contributed by atoms with Crippen molar-refractivity contribution in [3.05, 3.63) is 121 Å². The number of hydrogen-bond donors (Lipinski definition) is 0. The third-order valence-corrected chi connectivity index (χ3v) is 4.74. The zero-order valence-corrected chi connectivity index (χ0v) is 22.3. The van der Waals surface area contributed by atoms with Crippen LogP contribution in [-0.2, 0) is 20.4 Å². The second-order valence-electron chi connectivity index (χ2n) is 5.64. The summed E-state index contributed by atoms with van der Waals surface area (Å²) in [5, 5.41) is 4.95. The van der Waals surface area contributed by atoms with Crippen LogP contribution >= 0.6 is 37.0 Å². The van der Waals surface area contributed by atoms with Crippen LogP contribution < -0.4 is 21.2 Å². The molecule has 0 aliphatic carbocycles. The van der Waals surface area contributed by atoms with E-state index in [0.29, 0.717) is 0 Å². The van der Waals surface area contributed by atoms with Crippen molar-refractivity contribution in [3.63, 3.8) is 0 Å². The largest absolute Gasteiger partial charge is 2.00 e. The predicted octanol–water partition coefficient (Wildman–Crippen LogP) is 4.75. The van der Waals surface area contributed by atoms with E-state index in [0.717, 1.165) is 0 Å². The molecule has 0 aromatic heterocycles. The minimum absolute atomic E-state index is 0. The van der Waals surface area contributed by atoms with Gasteiger partial charge in [-0.1, -0.05) is 121 Å². The first-order chi connectivity index (χ1) is 13.6. The molecule has 4 unspecified atom stereocenters. The normalized spacial score (nSPS) is 8.41. The third-order valence-electron chi connectivity index (χ3n) is 3.20. The van der Waals surface area contributed by atoms with Gasteiger partial charge in [-0.05, 0) is 21.2 Å². The van der Waals surface area contributed by atoms with Crippen molar-refractivity contribution >= 4 is 58.2 Å². The van der Waals surface area contributed by atoms with Crippen molar-refractivity contribution in [2.24, 2.45) is 0 Å². The molecule has 29 heavy (non-hydrogen) atoms. The fourth-order valence-electron chi connectivity index (χ4n) is 1.81. The van der Waals surface area contributed by atoms with Crippen LogP contribution in [0.2, 0.25) is 0 Å². The molecule has 0 spiro atoms. The average molecular weight is 547 g/mol. The van der Waals surface area contributed by atoms with E-state index in [1.807, 2.05) is 121 Å². The molecule has 152 valence electrons. The fraction of sp³-hybridized carbons (Fsp3) is 0. The monoisotopic (exact) mass is 546 g/mol. The van der Waals surface area contributed by atoms with E-state index >= 15 is 0 Å². The SMILES string of the molecule is Pc1ccccc1.Pc1ccccc1.Pc1ccccc1.Pc1ccccc1.[Pd+2]. The second-order valence-corrected chi connectivity index (χ2v) is 8.31. The predicted molar refractivity (Wildman–Crippen MR) is 143 cm³/mol. The minimum Gasteiger partial charge on any atom is -0.106 e. The van der Waals surface area contributed by atoms with Crippen molar-refractivity contribution < 1.29 is 20.4 Å². The van der Waals surface area contributed by atoms with E-state index in [2.05, 4.69) is 37.0 Å². The summed E-state index contributed by atoms with van der Waals surface area (Å²) in [5.74, 6) is 0. The van der Waals surface area contributed by atoms with Gasteiger partial charge in [-0.2, -0.15) is 0 Å². The van der Waals surface area contributed by atoms with Gasteiger partial charge in [-0.25, -0.2) is 0 Å². The van der Waals surface area contributed by atoms with Crippen molar-refractivity contribution in [2.75, 3.05) is 0 Å². The molecule has 0 aliphatic heterocycles. The molecular weight excluding hydrogens is 519 g/mol. The molecule has 4 aromatic rings. The molecule has 0 radical (unpaired) electrons. The van der Waals surface area contributed by atoms with Gasteiger partial charge < -0.3 is 0 Å². The first-order valence-electron chi connectivity index (χ1n) is 8.80. The van der Waals surface area contributed by atoms with Crippen molar-refractivity contribution in [1.29, 1.82) is 0 Å². The van der Waals surface area contributed by atoms with Gasteiger partial charge in [-0.3, -0.25) is 0 Å². The van der Waals surface area contributed by atoms with Crippen LogP contribution in [0.1, 0.15) is 0 Å². The zero-order valence-electron chi connectivity index (χ0n) is 16.2. The van der Waals surface area contributed by atoms with Crippen molar-refractivity contribution in [3.8, 4) is 0 Å². The van der Waals surface area contributed by atoms with E-state index in [-0.39, 0.29) is 20.4 Å². The molecule has 0 bridgehead atoms. The molecule has 0 aliphatic rings. The number of rotatable bonds is 0. The van der Waals surface area contributed by atoms with Gasteiger partial charge >= 0.3 is 20.4 Å². The van der Waals surface area contributed by atoms with Crippen molar-refractivity contribution in [2.45, 2.75) is 0 Å². The van der Waals surface area contributed by atoms with Gasteiger partial charge in [0.15, 0.2) is 0 Å². The Hall–Kier alpha value is -0.738. The number of benzene rings is 4. The maximum absolute atomic E-state index is 2.63. The standard InChI is InChI=1S/4C6H7P.Pd/c4*7-6-4-2-1-3-5-6;/h4*1-5H,7H2;/q;;;;+2. The summed E-state index contributed by atoms with van der Waals surface area (Å²) in [6, 6.07) is 40.5. The topological polar surface area (TPSA) is 0 Å². The first kappa shape index (κ1) is 28.3. The van der Waals surface area contributed by atoms with Gasteiger partial charge in [0, 0.05) is 0 Å². The van der Waals surface area contributed by atoms with Gasteiger partial charge in [0.2, 0.25) is 0 Å². The van der Waals surface area contributed by atoms with Crippen LogP contribution in [0.25, 0.3) is 0 Å². The summed E-state index contributed by atoms with van der Waals surface area (Å²) < 4.78 is 0. The Morgan fingerprint density at radius 2 is 0.414 bits per heavy atom. The van der Waals surface area contributed by atoms with Crippen LogP contribution in [0.15, 0.2) is 121 Å². The molecule has 0 nitrogen and oxygen atoms in total. The molecule has 0 heterocycles. The molecule has 4 atom stereocenters. The van der Waals surface area contributed by atoms with Crippen LogP contribution in [0.3, 0.4) is 0 Å². The Labute approximate surface area is 199 Å². The molecule has 0 amide bonds. The molecule has 5 heteroatoms. The molecule has 0 N–H and O–H groups in total. The average Bonchev–Trinajstić information content (AvgIpc) is 2.72. The maximum Gasteiger partial charge on any atom is 2.00 e.